The van der Waals surface area contributed by atoms with Crippen LogP contribution in [0, 0.1) is 5.92 Å². The highest BCUT2D eigenvalue weighted by atomic mass is 16.4. The molecule has 0 bridgehead atoms. The van der Waals surface area contributed by atoms with E-state index in [9.17, 15) is 39.0 Å². The van der Waals surface area contributed by atoms with Crippen molar-refractivity contribution in [3.05, 3.63) is 0 Å². The summed E-state index contributed by atoms with van der Waals surface area (Å²) in [4.78, 5) is 70.4. The number of carboxylic acids is 2. The van der Waals surface area contributed by atoms with Crippen molar-refractivity contribution in [2.75, 3.05) is 0 Å². The molecule has 0 aliphatic heterocycles. The number of nitrogens with one attached hydrogen (secondary N) is 3. The zero-order valence-electron chi connectivity index (χ0n) is 18.0. The molecule has 10 N–H and O–H groups in total. The van der Waals surface area contributed by atoms with Crippen LogP contribution in [0.5, 0.6) is 0 Å². The molecule has 0 heterocycles. The monoisotopic (exact) mass is 461 g/mol. The average molecular weight is 461 g/mol. The van der Waals surface area contributed by atoms with Crippen molar-refractivity contribution in [2.24, 2.45) is 17.4 Å². The fourth-order valence-corrected chi connectivity index (χ4v) is 2.53. The molecule has 0 saturated carbocycles. The van der Waals surface area contributed by atoms with E-state index in [0.29, 0.717) is 0 Å². The van der Waals surface area contributed by atoms with E-state index >= 15 is 0 Å². The van der Waals surface area contributed by atoms with Crippen molar-refractivity contribution in [3.63, 3.8) is 0 Å². The van der Waals surface area contributed by atoms with Crippen LogP contribution in [-0.2, 0) is 28.8 Å². The van der Waals surface area contributed by atoms with E-state index in [2.05, 4.69) is 16.0 Å². The predicted octanol–water partition coefficient (Wildman–Crippen LogP) is -3.37. The molecule has 14 heteroatoms. The summed E-state index contributed by atoms with van der Waals surface area (Å²) in [6.07, 6.45) is -2.82. The van der Waals surface area contributed by atoms with Crippen LogP contribution in [0.25, 0.3) is 0 Å². The van der Waals surface area contributed by atoms with Crippen LogP contribution >= 0.6 is 0 Å². The SMILES string of the molecule is CC(C)C(NC(=O)C(NC(=O)C(CCC(N)=O)NC(=O)C(N)CC(=O)O)C(C)O)C(=O)O. The van der Waals surface area contributed by atoms with Gasteiger partial charge in [0.25, 0.3) is 0 Å². The van der Waals surface area contributed by atoms with Crippen LogP contribution in [-0.4, -0.2) is 81.2 Å². The maximum Gasteiger partial charge on any atom is 0.326 e. The van der Waals surface area contributed by atoms with Crippen LogP contribution in [0.3, 0.4) is 0 Å². The van der Waals surface area contributed by atoms with Crippen LogP contribution in [0.2, 0.25) is 0 Å². The number of aliphatic hydroxyl groups excluding tert-OH is 1. The van der Waals surface area contributed by atoms with Gasteiger partial charge in [0.1, 0.15) is 18.1 Å². The van der Waals surface area contributed by atoms with E-state index < -0.39 is 78.2 Å². The molecule has 182 valence electrons. The Morgan fingerprint density at radius 1 is 0.844 bits per heavy atom. The number of carbonyl (C=O) groups excluding carboxylic acids is 4. The number of amides is 4. The van der Waals surface area contributed by atoms with Gasteiger partial charge in [0.15, 0.2) is 0 Å². The average Bonchev–Trinajstić information content (AvgIpc) is 2.65. The molecule has 0 spiro atoms. The number of nitrogens with two attached hydrogens (primary N) is 2. The van der Waals surface area contributed by atoms with E-state index in [4.69, 9.17) is 16.6 Å². The van der Waals surface area contributed by atoms with Crippen LogP contribution in [0.1, 0.15) is 40.0 Å². The number of hydrogen-bond acceptors (Lipinski definition) is 8. The highest BCUT2D eigenvalue weighted by Gasteiger charge is 2.33. The Labute approximate surface area is 184 Å². The van der Waals surface area contributed by atoms with Gasteiger partial charge in [0, 0.05) is 6.42 Å². The second kappa shape index (κ2) is 13.2. The zero-order chi connectivity index (χ0) is 25.2. The van der Waals surface area contributed by atoms with Gasteiger partial charge in [-0.05, 0) is 19.3 Å². The Hall–Kier alpha value is -3.26. The minimum atomic E-state index is -1.59. The van der Waals surface area contributed by atoms with Crippen LogP contribution in [0.15, 0.2) is 0 Å². The van der Waals surface area contributed by atoms with Gasteiger partial charge >= 0.3 is 11.9 Å². The fraction of sp³-hybridized carbons (Fsp3) is 0.667. The Balaban J connectivity index is 5.49. The molecule has 0 aromatic carbocycles. The second-order valence-corrected chi connectivity index (χ2v) is 7.57. The number of rotatable bonds is 14. The topological polar surface area (TPSA) is 251 Å². The normalized spacial score (nSPS) is 15.6. The van der Waals surface area contributed by atoms with Crippen LogP contribution < -0.4 is 27.4 Å². The molecule has 0 aliphatic carbocycles. The van der Waals surface area contributed by atoms with Crippen molar-refractivity contribution in [1.29, 1.82) is 0 Å². The lowest BCUT2D eigenvalue weighted by molar-refractivity contribution is -0.144. The Morgan fingerprint density at radius 3 is 1.78 bits per heavy atom. The lowest BCUT2D eigenvalue weighted by Gasteiger charge is -2.27. The van der Waals surface area contributed by atoms with Crippen molar-refractivity contribution < 1.29 is 44.1 Å². The summed E-state index contributed by atoms with van der Waals surface area (Å²) in [5, 5.41) is 34.4. The lowest BCUT2D eigenvalue weighted by atomic mass is 10.0. The van der Waals surface area contributed by atoms with Crippen molar-refractivity contribution in [2.45, 2.75) is 70.3 Å². The summed E-state index contributed by atoms with van der Waals surface area (Å²) in [6.45, 7) is 4.27. The predicted molar refractivity (Wildman–Crippen MR) is 109 cm³/mol. The van der Waals surface area contributed by atoms with Crippen molar-refractivity contribution in [3.8, 4) is 0 Å². The Kier molecular flexibility index (Phi) is 11.9. The summed E-state index contributed by atoms with van der Waals surface area (Å²) in [6, 6.07) is -5.82. The van der Waals surface area contributed by atoms with E-state index in [1.807, 2.05) is 0 Å². The second-order valence-electron chi connectivity index (χ2n) is 7.57. The third kappa shape index (κ3) is 10.2. The van der Waals surface area contributed by atoms with Gasteiger partial charge in [0.2, 0.25) is 23.6 Å². The van der Waals surface area contributed by atoms with Gasteiger partial charge in [0.05, 0.1) is 18.6 Å². The summed E-state index contributed by atoms with van der Waals surface area (Å²) in [7, 11) is 0. The number of aliphatic hydroxyl groups is 1. The number of aliphatic carboxylic acids is 2. The first-order chi connectivity index (χ1) is 14.7. The molecule has 5 atom stereocenters. The molecule has 0 rings (SSSR count). The minimum Gasteiger partial charge on any atom is -0.481 e. The summed E-state index contributed by atoms with van der Waals surface area (Å²) < 4.78 is 0. The van der Waals surface area contributed by atoms with Gasteiger partial charge < -0.3 is 42.7 Å². The van der Waals surface area contributed by atoms with Crippen LogP contribution in [0.4, 0.5) is 0 Å². The first-order valence-corrected chi connectivity index (χ1v) is 9.75. The number of carboxylic acid groups (broad SMARTS) is 2. The third-order valence-electron chi connectivity index (χ3n) is 4.34. The van der Waals surface area contributed by atoms with Gasteiger partial charge in [-0.2, -0.15) is 0 Å². The molecular weight excluding hydrogens is 430 g/mol. The first kappa shape index (κ1) is 28.7. The fourth-order valence-electron chi connectivity index (χ4n) is 2.53. The number of primary amides is 1. The molecule has 0 aromatic heterocycles. The van der Waals surface area contributed by atoms with Gasteiger partial charge in [-0.15, -0.1) is 0 Å². The lowest BCUT2D eigenvalue weighted by Crippen LogP contribution is -2.60. The standard InChI is InChI=1S/C18H31N5O9/c1-7(2)13(18(31)32)22-17(30)14(8(3)24)23-16(29)10(4-5-11(20)25)21-15(28)9(19)6-12(26)27/h7-10,13-14,24H,4-6,19H2,1-3H3,(H2,20,25)(H,21,28)(H,22,30)(H,23,29)(H,26,27)(H,31,32). The highest BCUT2D eigenvalue weighted by molar-refractivity contribution is 5.95. The molecule has 14 nitrogen and oxygen atoms in total. The highest BCUT2D eigenvalue weighted by Crippen LogP contribution is 2.05. The van der Waals surface area contributed by atoms with Gasteiger partial charge in [-0.3, -0.25) is 24.0 Å². The molecule has 5 unspecified atom stereocenters. The molecular formula is C18H31N5O9. The van der Waals surface area contributed by atoms with E-state index in [0.717, 1.165) is 0 Å². The van der Waals surface area contributed by atoms with E-state index in [-0.39, 0.29) is 12.8 Å². The quantitative estimate of drug-likeness (QED) is 0.127. The smallest absolute Gasteiger partial charge is 0.326 e. The molecule has 32 heavy (non-hydrogen) atoms. The summed E-state index contributed by atoms with van der Waals surface area (Å²) >= 11 is 0. The van der Waals surface area contributed by atoms with E-state index in [1.165, 1.54) is 6.92 Å². The number of hydrogen-bond donors (Lipinski definition) is 8. The Bertz CT molecular complexity index is 726. The molecule has 0 aliphatic rings. The van der Waals surface area contributed by atoms with Crippen molar-refractivity contribution in [1.82, 2.24) is 16.0 Å². The summed E-state index contributed by atoms with van der Waals surface area (Å²) in [5.41, 5.74) is 10.5. The van der Waals surface area contributed by atoms with Gasteiger partial charge in [-0.1, -0.05) is 13.8 Å². The van der Waals surface area contributed by atoms with Gasteiger partial charge in [-0.25, -0.2) is 4.79 Å². The number of carbonyl (C=O) groups is 6. The minimum absolute atomic E-state index is 0.301. The third-order valence-corrected chi connectivity index (χ3v) is 4.34. The van der Waals surface area contributed by atoms with Crippen molar-refractivity contribution >= 4 is 35.6 Å². The molecule has 0 fully saturated rings. The van der Waals surface area contributed by atoms with E-state index in [1.54, 1.807) is 13.8 Å². The molecule has 0 saturated heterocycles. The molecule has 4 amide bonds. The summed E-state index contributed by atoms with van der Waals surface area (Å²) in [5.74, 6) is -6.95. The molecule has 0 radical (unpaired) electrons. The largest absolute Gasteiger partial charge is 0.481 e. The zero-order valence-corrected chi connectivity index (χ0v) is 18.0. The maximum absolute atomic E-state index is 12.7. The molecule has 0 aromatic rings. The maximum atomic E-state index is 12.7. The Morgan fingerprint density at radius 2 is 1.38 bits per heavy atom. The first-order valence-electron chi connectivity index (χ1n) is 9.75.